The number of aryl methyl sites for hydroxylation is 1. The van der Waals surface area contributed by atoms with Crippen LogP contribution in [0.5, 0.6) is 0 Å². The Balaban J connectivity index is 1.63. The van der Waals surface area contributed by atoms with E-state index in [1.807, 2.05) is 11.5 Å². The monoisotopic (exact) mass is 475 g/mol. The molecular formula is C23H26FN3O3S2. The normalized spacial score (nSPS) is 18.3. The fourth-order valence-electron chi connectivity index (χ4n) is 4.01. The van der Waals surface area contributed by atoms with Gasteiger partial charge < -0.3 is 4.57 Å². The second-order valence-corrected chi connectivity index (χ2v) is 11.1. The zero-order chi connectivity index (χ0) is 22.9. The number of halogens is 1. The number of amides is 1. The summed E-state index contributed by atoms with van der Waals surface area (Å²) in [6, 6.07) is 10.5. The summed E-state index contributed by atoms with van der Waals surface area (Å²) < 4.78 is 43.7. The van der Waals surface area contributed by atoms with Crippen LogP contribution in [0.1, 0.15) is 43.5 Å². The lowest BCUT2D eigenvalue weighted by Gasteiger charge is -2.30. The number of sulfonamides is 1. The molecule has 3 aromatic rings. The van der Waals surface area contributed by atoms with Crippen molar-refractivity contribution in [1.82, 2.24) is 8.87 Å². The minimum atomic E-state index is -3.58. The average Bonchev–Trinajstić information content (AvgIpc) is 3.10. The van der Waals surface area contributed by atoms with Gasteiger partial charge in [0.05, 0.1) is 15.1 Å². The zero-order valence-corrected chi connectivity index (χ0v) is 19.8. The van der Waals surface area contributed by atoms with Gasteiger partial charge in [-0.3, -0.25) is 4.79 Å². The first kappa shape index (κ1) is 22.8. The number of hydrogen-bond acceptors (Lipinski definition) is 4. The lowest BCUT2D eigenvalue weighted by molar-refractivity contribution is 0.0997. The van der Waals surface area contributed by atoms with Crippen LogP contribution in [0.3, 0.4) is 0 Å². The second-order valence-electron chi connectivity index (χ2n) is 8.20. The molecule has 1 amide bonds. The minimum Gasteiger partial charge on any atom is -0.316 e. The topological polar surface area (TPSA) is 71.7 Å². The van der Waals surface area contributed by atoms with Crippen molar-refractivity contribution in [3.05, 3.63) is 58.6 Å². The Labute approximate surface area is 191 Å². The molecule has 0 radical (unpaired) electrons. The highest BCUT2D eigenvalue weighted by Gasteiger charge is 2.28. The molecule has 1 aliphatic heterocycles. The number of carbonyl (C=O) groups is 1. The van der Waals surface area contributed by atoms with E-state index in [1.54, 1.807) is 6.07 Å². The molecule has 1 fully saturated rings. The van der Waals surface area contributed by atoms with E-state index in [0.29, 0.717) is 35.9 Å². The number of thiazole rings is 1. The molecule has 170 valence electrons. The third kappa shape index (κ3) is 4.55. The van der Waals surface area contributed by atoms with E-state index in [9.17, 15) is 17.6 Å². The highest BCUT2D eigenvalue weighted by Crippen LogP contribution is 2.24. The molecule has 6 nitrogen and oxygen atoms in total. The summed E-state index contributed by atoms with van der Waals surface area (Å²) in [6.07, 6.45) is 2.72. The Kier molecular flexibility index (Phi) is 6.60. The second kappa shape index (κ2) is 9.25. The summed E-state index contributed by atoms with van der Waals surface area (Å²) in [4.78, 5) is 17.8. The lowest BCUT2D eigenvalue weighted by atomic mass is 10.0. The first-order valence-corrected chi connectivity index (χ1v) is 13.0. The number of hydrogen-bond donors (Lipinski definition) is 0. The van der Waals surface area contributed by atoms with Crippen molar-refractivity contribution in [2.75, 3.05) is 13.1 Å². The van der Waals surface area contributed by atoms with E-state index in [4.69, 9.17) is 0 Å². The van der Waals surface area contributed by atoms with Crippen molar-refractivity contribution in [3.63, 3.8) is 0 Å². The van der Waals surface area contributed by atoms with E-state index in [0.717, 1.165) is 29.5 Å². The van der Waals surface area contributed by atoms with Gasteiger partial charge in [-0.05, 0) is 67.6 Å². The van der Waals surface area contributed by atoms with Crippen LogP contribution in [0.25, 0.3) is 10.2 Å². The lowest BCUT2D eigenvalue weighted by Crippen LogP contribution is -2.39. The Morgan fingerprint density at radius 2 is 1.97 bits per heavy atom. The fourth-order valence-corrected chi connectivity index (χ4v) is 6.68. The maximum absolute atomic E-state index is 13.6. The predicted molar refractivity (Wildman–Crippen MR) is 124 cm³/mol. The molecule has 0 bridgehead atoms. The highest BCUT2D eigenvalue weighted by molar-refractivity contribution is 7.89. The Morgan fingerprint density at radius 1 is 1.22 bits per heavy atom. The number of nitrogens with zero attached hydrogens (tertiary/aromatic N) is 3. The van der Waals surface area contributed by atoms with Crippen LogP contribution >= 0.6 is 11.3 Å². The van der Waals surface area contributed by atoms with E-state index in [1.165, 1.54) is 52.0 Å². The van der Waals surface area contributed by atoms with E-state index in [-0.39, 0.29) is 10.7 Å². The van der Waals surface area contributed by atoms with Crippen LogP contribution in [0.4, 0.5) is 4.39 Å². The Bertz CT molecular complexity index is 1310. The van der Waals surface area contributed by atoms with Crippen molar-refractivity contribution < 1.29 is 17.6 Å². The first-order valence-electron chi connectivity index (χ1n) is 10.8. The van der Waals surface area contributed by atoms with Gasteiger partial charge in [-0.2, -0.15) is 9.30 Å². The summed E-state index contributed by atoms with van der Waals surface area (Å²) in [5.74, 6) is -0.458. The SMILES string of the molecule is CCCn1c(=NC(=O)c2ccc(S(=O)(=O)N3CCCC(C)C3)cc2)sc2cc(F)ccc21. The van der Waals surface area contributed by atoms with E-state index in [2.05, 4.69) is 11.9 Å². The maximum Gasteiger partial charge on any atom is 0.279 e. The van der Waals surface area contributed by atoms with Gasteiger partial charge in [0.1, 0.15) is 5.82 Å². The zero-order valence-electron chi connectivity index (χ0n) is 18.1. The molecule has 1 aliphatic rings. The van der Waals surface area contributed by atoms with Crippen molar-refractivity contribution in [2.45, 2.75) is 44.6 Å². The molecule has 1 atom stereocenters. The van der Waals surface area contributed by atoms with Crippen LogP contribution in [-0.4, -0.2) is 36.3 Å². The highest BCUT2D eigenvalue weighted by atomic mass is 32.2. The predicted octanol–water partition coefficient (Wildman–Crippen LogP) is 4.41. The number of carbonyl (C=O) groups excluding carboxylic acids is 1. The van der Waals surface area contributed by atoms with Gasteiger partial charge in [-0.25, -0.2) is 12.8 Å². The van der Waals surface area contributed by atoms with Crippen molar-refractivity contribution >= 4 is 37.5 Å². The summed E-state index contributed by atoms with van der Waals surface area (Å²) in [6.45, 7) is 5.77. The van der Waals surface area contributed by atoms with Crippen molar-refractivity contribution in [2.24, 2.45) is 10.9 Å². The summed E-state index contributed by atoms with van der Waals surface area (Å²) in [5.41, 5.74) is 1.14. The standard InChI is InChI=1S/C23H26FN3O3S2/c1-3-12-27-20-11-8-18(24)14-21(20)31-23(27)25-22(28)17-6-9-19(10-7-17)32(29,30)26-13-4-5-16(2)15-26/h6-11,14,16H,3-5,12-13,15H2,1-2H3. The smallest absolute Gasteiger partial charge is 0.279 e. The first-order chi connectivity index (χ1) is 15.3. The molecule has 0 spiro atoms. The summed E-state index contributed by atoms with van der Waals surface area (Å²) >= 11 is 1.26. The quantitative estimate of drug-likeness (QED) is 0.549. The Morgan fingerprint density at radius 3 is 2.66 bits per heavy atom. The van der Waals surface area contributed by atoms with E-state index >= 15 is 0 Å². The van der Waals surface area contributed by atoms with Gasteiger partial charge in [0.25, 0.3) is 5.91 Å². The van der Waals surface area contributed by atoms with Crippen LogP contribution < -0.4 is 4.80 Å². The number of fused-ring (bicyclic) bond motifs is 1. The molecule has 9 heteroatoms. The van der Waals surface area contributed by atoms with Gasteiger partial charge in [-0.1, -0.05) is 25.2 Å². The molecule has 1 unspecified atom stereocenters. The summed E-state index contributed by atoms with van der Waals surface area (Å²) in [7, 11) is -3.58. The molecule has 0 saturated carbocycles. The van der Waals surface area contributed by atoms with Crippen LogP contribution in [0.2, 0.25) is 0 Å². The minimum absolute atomic E-state index is 0.182. The molecular weight excluding hydrogens is 449 g/mol. The van der Waals surface area contributed by atoms with Gasteiger partial charge in [-0.15, -0.1) is 0 Å². The number of piperidine rings is 1. The number of rotatable bonds is 5. The molecule has 1 saturated heterocycles. The fraction of sp³-hybridized carbons (Fsp3) is 0.391. The van der Waals surface area contributed by atoms with Gasteiger partial charge >= 0.3 is 0 Å². The Hall–Kier alpha value is -2.36. The third-order valence-electron chi connectivity index (χ3n) is 5.65. The van der Waals surface area contributed by atoms with Gasteiger partial charge in [0.15, 0.2) is 4.80 Å². The number of benzene rings is 2. The maximum atomic E-state index is 13.6. The molecule has 2 aromatic carbocycles. The summed E-state index contributed by atoms with van der Waals surface area (Å²) in [5, 5.41) is 0. The molecule has 2 heterocycles. The third-order valence-corrected chi connectivity index (χ3v) is 8.57. The largest absolute Gasteiger partial charge is 0.316 e. The van der Waals surface area contributed by atoms with Crippen LogP contribution in [-0.2, 0) is 16.6 Å². The number of aromatic nitrogens is 1. The van der Waals surface area contributed by atoms with Crippen molar-refractivity contribution in [1.29, 1.82) is 0 Å². The molecule has 4 rings (SSSR count). The van der Waals surface area contributed by atoms with Crippen molar-refractivity contribution in [3.8, 4) is 0 Å². The van der Waals surface area contributed by atoms with Crippen LogP contribution in [0.15, 0.2) is 52.4 Å². The molecule has 0 aliphatic carbocycles. The van der Waals surface area contributed by atoms with E-state index < -0.39 is 15.9 Å². The molecule has 0 N–H and O–H groups in total. The van der Waals surface area contributed by atoms with Gasteiger partial charge in [0.2, 0.25) is 10.0 Å². The average molecular weight is 476 g/mol. The van der Waals surface area contributed by atoms with Crippen LogP contribution in [0, 0.1) is 11.7 Å². The van der Waals surface area contributed by atoms with Gasteiger partial charge in [0, 0.05) is 25.2 Å². The molecule has 32 heavy (non-hydrogen) atoms. The molecule has 1 aromatic heterocycles.